The van der Waals surface area contributed by atoms with E-state index in [-0.39, 0.29) is 24.0 Å². The van der Waals surface area contributed by atoms with Gasteiger partial charge in [-0.2, -0.15) is 0 Å². The molecule has 1 aromatic rings. The Labute approximate surface area is 123 Å². The number of rotatable bonds is 4. The van der Waals surface area contributed by atoms with E-state index in [9.17, 15) is 13.6 Å². The second-order valence-electron chi connectivity index (χ2n) is 5.63. The van der Waals surface area contributed by atoms with Gasteiger partial charge in [-0.25, -0.2) is 8.78 Å². The van der Waals surface area contributed by atoms with Gasteiger partial charge in [0.25, 0.3) is 0 Å². The molecule has 0 heterocycles. The molecule has 5 heteroatoms. The summed E-state index contributed by atoms with van der Waals surface area (Å²) in [6.07, 6.45) is 3.37. The Morgan fingerprint density at radius 2 is 1.90 bits per heavy atom. The number of methoxy groups -OCH3 is 1. The Morgan fingerprint density at radius 1 is 1.24 bits per heavy atom. The number of carbonyl (C=O) groups excluding carboxylic acids is 1. The van der Waals surface area contributed by atoms with Gasteiger partial charge in [0.1, 0.15) is 0 Å². The van der Waals surface area contributed by atoms with Crippen molar-refractivity contribution >= 4 is 5.97 Å². The highest BCUT2D eigenvalue weighted by atomic mass is 19.2. The van der Waals surface area contributed by atoms with Crippen molar-refractivity contribution < 1.29 is 18.3 Å². The van der Waals surface area contributed by atoms with Gasteiger partial charge in [0.15, 0.2) is 11.6 Å². The molecule has 0 spiro atoms. The van der Waals surface area contributed by atoms with E-state index in [2.05, 4.69) is 5.32 Å². The maximum absolute atomic E-state index is 13.2. The van der Waals surface area contributed by atoms with Gasteiger partial charge in [-0.3, -0.25) is 4.79 Å². The molecule has 116 valence electrons. The predicted molar refractivity (Wildman–Crippen MR) is 75.7 cm³/mol. The fraction of sp³-hybridized carbons (Fsp3) is 0.562. The van der Waals surface area contributed by atoms with E-state index in [1.54, 1.807) is 6.07 Å². The van der Waals surface area contributed by atoms with Crippen LogP contribution in [-0.2, 0) is 9.53 Å². The van der Waals surface area contributed by atoms with Gasteiger partial charge in [0, 0.05) is 12.1 Å². The van der Waals surface area contributed by atoms with Crippen LogP contribution in [0.15, 0.2) is 18.2 Å². The summed E-state index contributed by atoms with van der Waals surface area (Å²) in [6, 6.07) is 4.20. The molecule has 1 aliphatic carbocycles. The monoisotopic (exact) mass is 297 g/mol. The maximum Gasteiger partial charge on any atom is 0.308 e. The van der Waals surface area contributed by atoms with Crippen molar-refractivity contribution in [3.05, 3.63) is 35.4 Å². The molecule has 1 saturated carbocycles. The predicted octanol–water partition coefficient (Wildman–Crippen LogP) is 3.35. The summed E-state index contributed by atoms with van der Waals surface area (Å²) in [4.78, 5) is 11.5. The van der Waals surface area contributed by atoms with Gasteiger partial charge >= 0.3 is 5.97 Å². The van der Waals surface area contributed by atoms with Crippen LogP contribution in [0.3, 0.4) is 0 Å². The molecule has 1 unspecified atom stereocenters. The average molecular weight is 297 g/mol. The minimum atomic E-state index is -0.829. The number of hydrogen-bond donors (Lipinski definition) is 1. The summed E-state index contributed by atoms with van der Waals surface area (Å²) in [5.41, 5.74) is 0.726. The highest BCUT2D eigenvalue weighted by Gasteiger charge is 2.27. The molecule has 1 aliphatic rings. The molecule has 1 aromatic carbocycles. The van der Waals surface area contributed by atoms with E-state index in [1.165, 1.54) is 13.2 Å². The smallest absolute Gasteiger partial charge is 0.308 e. The van der Waals surface area contributed by atoms with Crippen molar-refractivity contribution in [3.63, 3.8) is 0 Å². The standard InChI is InChI=1S/C16H21F2NO2/c1-10(12-5-8-14(17)15(18)9-12)19-13-6-3-11(4-7-13)16(20)21-2/h5,8-11,13,19H,3-4,6-7H2,1-2H3. The summed E-state index contributed by atoms with van der Waals surface area (Å²) >= 11 is 0. The van der Waals surface area contributed by atoms with Gasteiger partial charge in [-0.05, 0) is 50.3 Å². The van der Waals surface area contributed by atoms with Crippen LogP contribution in [0.5, 0.6) is 0 Å². The molecular formula is C16H21F2NO2. The van der Waals surface area contributed by atoms with Crippen LogP contribution in [0, 0.1) is 17.6 Å². The summed E-state index contributed by atoms with van der Waals surface area (Å²) in [5, 5.41) is 3.42. The minimum absolute atomic E-state index is 0.00776. The number of nitrogens with one attached hydrogen (secondary N) is 1. The SMILES string of the molecule is COC(=O)C1CCC(NC(C)c2ccc(F)c(F)c2)CC1. The van der Waals surface area contributed by atoms with E-state index >= 15 is 0 Å². The molecule has 0 aliphatic heterocycles. The molecular weight excluding hydrogens is 276 g/mol. The fourth-order valence-electron chi connectivity index (χ4n) is 2.89. The van der Waals surface area contributed by atoms with E-state index in [0.717, 1.165) is 37.3 Å². The number of ether oxygens (including phenoxy) is 1. The summed E-state index contributed by atoms with van der Waals surface area (Å²) in [7, 11) is 1.41. The number of halogens is 2. The van der Waals surface area contributed by atoms with Crippen LogP contribution in [0.25, 0.3) is 0 Å². The molecule has 3 nitrogen and oxygen atoms in total. The summed E-state index contributed by atoms with van der Waals surface area (Å²) < 4.78 is 30.9. The molecule has 0 radical (unpaired) electrons. The van der Waals surface area contributed by atoms with Crippen LogP contribution in [0.1, 0.15) is 44.2 Å². The zero-order valence-corrected chi connectivity index (χ0v) is 12.4. The molecule has 0 bridgehead atoms. The average Bonchev–Trinajstić information content (AvgIpc) is 2.50. The van der Waals surface area contributed by atoms with Crippen molar-refractivity contribution in [2.75, 3.05) is 7.11 Å². The van der Waals surface area contributed by atoms with Gasteiger partial charge in [-0.1, -0.05) is 6.07 Å². The topological polar surface area (TPSA) is 38.3 Å². The quantitative estimate of drug-likeness (QED) is 0.866. The summed E-state index contributed by atoms with van der Waals surface area (Å²) in [5.74, 6) is -1.80. The van der Waals surface area contributed by atoms with E-state index < -0.39 is 11.6 Å². The lowest BCUT2D eigenvalue weighted by Crippen LogP contribution is -2.36. The van der Waals surface area contributed by atoms with Crippen LogP contribution in [0.4, 0.5) is 8.78 Å². The van der Waals surface area contributed by atoms with Crippen molar-refractivity contribution in [3.8, 4) is 0 Å². The first-order valence-corrected chi connectivity index (χ1v) is 7.30. The van der Waals surface area contributed by atoms with Gasteiger partial charge in [0.2, 0.25) is 0 Å². The van der Waals surface area contributed by atoms with Gasteiger partial charge in [-0.15, -0.1) is 0 Å². The first-order valence-electron chi connectivity index (χ1n) is 7.30. The lowest BCUT2D eigenvalue weighted by atomic mass is 9.85. The molecule has 1 atom stereocenters. The summed E-state index contributed by atoms with van der Waals surface area (Å²) in [6.45, 7) is 1.93. The number of carbonyl (C=O) groups is 1. The van der Waals surface area contributed by atoms with Crippen molar-refractivity contribution in [1.29, 1.82) is 0 Å². The molecule has 21 heavy (non-hydrogen) atoms. The van der Waals surface area contributed by atoms with Crippen LogP contribution < -0.4 is 5.32 Å². The second-order valence-corrected chi connectivity index (χ2v) is 5.63. The van der Waals surface area contributed by atoms with Crippen LogP contribution >= 0.6 is 0 Å². The van der Waals surface area contributed by atoms with Crippen LogP contribution in [-0.4, -0.2) is 19.1 Å². The van der Waals surface area contributed by atoms with Crippen molar-refractivity contribution in [2.24, 2.45) is 5.92 Å². The Bertz CT molecular complexity index is 499. The Hall–Kier alpha value is -1.49. The Balaban J connectivity index is 1.88. The van der Waals surface area contributed by atoms with Crippen molar-refractivity contribution in [2.45, 2.75) is 44.7 Å². The third kappa shape index (κ3) is 4.00. The molecule has 2 rings (SSSR count). The van der Waals surface area contributed by atoms with E-state index in [1.807, 2.05) is 6.92 Å². The molecule has 1 fully saturated rings. The van der Waals surface area contributed by atoms with Crippen LogP contribution in [0.2, 0.25) is 0 Å². The van der Waals surface area contributed by atoms with Gasteiger partial charge < -0.3 is 10.1 Å². The Kier molecular flexibility index (Phi) is 5.28. The van der Waals surface area contributed by atoms with E-state index in [0.29, 0.717) is 0 Å². The third-order valence-corrected chi connectivity index (χ3v) is 4.19. The first-order chi connectivity index (χ1) is 10.0. The number of hydrogen-bond acceptors (Lipinski definition) is 3. The lowest BCUT2D eigenvalue weighted by Gasteiger charge is -2.30. The fourth-order valence-corrected chi connectivity index (χ4v) is 2.89. The molecule has 0 saturated heterocycles. The second kappa shape index (κ2) is 6.98. The minimum Gasteiger partial charge on any atom is -0.469 e. The molecule has 0 amide bonds. The van der Waals surface area contributed by atoms with Gasteiger partial charge in [0.05, 0.1) is 13.0 Å². The molecule has 0 aromatic heterocycles. The highest BCUT2D eigenvalue weighted by molar-refractivity contribution is 5.72. The number of esters is 1. The zero-order valence-electron chi connectivity index (χ0n) is 12.4. The highest BCUT2D eigenvalue weighted by Crippen LogP contribution is 2.27. The zero-order chi connectivity index (χ0) is 15.4. The first kappa shape index (κ1) is 15.9. The molecule has 1 N–H and O–H groups in total. The van der Waals surface area contributed by atoms with Crippen molar-refractivity contribution in [1.82, 2.24) is 5.32 Å². The third-order valence-electron chi connectivity index (χ3n) is 4.19. The van der Waals surface area contributed by atoms with E-state index in [4.69, 9.17) is 4.74 Å². The lowest BCUT2D eigenvalue weighted by molar-refractivity contribution is -0.146. The normalized spacial score (nSPS) is 23.6. The maximum atomic E-state index is 13.2. The Morgan fingerprint density at radius 3 is 2.48 bits per heavy atom. The number of benzene rings is 1. The largest absolute Gasteiger partial charge is 0.469 e.